The Bertz CT molecular complexity index is 275. The fraction of sp³-hybridized carbons (Fsp3) is 0.143. The number of nitrogens with two attached hydrogens (primary N) is 1. The molecule has 0 aliphatic heterocycles. The molecule has 0 fully saturated rings. The summed E-state index contributed by atoms with van der Waals surface area (Å²) in [4.78, 5) is 0. The SMILES string of the molecule is Nc1cc(CBr)c(F)cc1F. The first-order valence-electron chi connectivity index (χ1n) is 2.94. The quantitative estimate of drug-likeness (QED) is 0.573. The van der Waals surface area contributed by atoms with Crippen molar-refractivity contribution in [3.05, 3.63) is 29.3 Å². The van der Waals surface area contributed by atoms with Crippen LogP contribution >= 0.6 is 15.9 Å². The fourth-order valence-corrected chi connectivity index (χ4v) is 1.14. The summed E-state index contributed by atoms with van der Waals surface area (Å²) in [7, 11) is 0. The van der Waals surface area contributed by atoms with E-state index in [1.165, 1.54) is 6.07 Å². The van der Waals surface area contributed by atoms with Gasteiger partial charge >= 0.3 is 0 Å². The van der Waals surface area contributed by atoms with Crippen LogP contribution in [0.4, 0.5) is 14.5 Å². The second-order valence-corrected chi connectivity index (χ2v) is 2.66. The second-order valence-electron chi connectivity index (χ2n) is 2.10. The number of anilines is 1. The summed E-state index contributed by atoms with van der Waals surface area (Å²) in [5.41, 5.74) is 5.54. The zero-order valence-electron chi connectivity index (χ0n) is 5.57. The Labute approximate surface area is 71.3 Å². The molecule has 2 N–H and O–H groups in total. The van der Waals surface area contributed by atoms with Gasteiger partial charge in [0, 0.05) is 17.0 Å². The van der Waals surface area contributed by atoms with Gasteiger partial charge in [0.1, 0.15) is 11.6 Å². The number of benzene rings is 1. The predicted octanol–water partition coefficient (Wildman–Crippen LogP) is 2.44. The summed E-state index contributed by atoms with van der Waals surface area (Å²) in [6.07, 6.45) is 0. The lowest BCUT2D eigenvalue weighted by Gasteiger charge is -2.00. The molecule has 1 aromatic carbocycles. The van der Waals surface area contributed by atoms with Crippen LogP contribution in [0.15, 0.2) is 12.1 Å². The third-order valence-electron chi connectivity index (χ3n) is 1.31. The molecule has 0 atom stereocenters. The van der Waals surface area contributed by atoms with Crippen LogP contribution < -0.4 is 5.73 Å². The molecule has 0 aliphatic carbocycles. The maximum Gasteiger partial charge on any atom is 0.149 e. The lowest BCUT2D eigenvalue weighted by molar-refractivity contribution is 0.580. The van der Waals surface area contributed by atoms with Gasteiger partial charge < -0.3 is 5.73 Å². The topological polar surface area (TPSA) is 26.0 Å². The number of rotatable bonds is 1. The number of nitrogen functional groups attached to an aromatic ring is 1. The Balaban J connectivity index is 3.21. The van der Waals surface area contributed by atoms with E-state index in [0.29, 0.717) is 10.9 Å². The molecule has 11 heavy (non-hydrogen) atoms. The largest absolute Gasteiger partial charge is 0.396 e. The predicted molar refractivity (Wildman–Crippen MR) is 43.4 cm³/mol. The zero-order valence-corrected chi connectivity index (χ0v) is 7.16. The van der Waals surface area contributed by atoms with Gasteiger partial charge in [-0.25, -0.2) is 8.78 Å². The van der Waals surface area contributed by atoms with Crippen molar-refractivity contribution in [3.63, 3.8) is 0 Å². The smallest absolute Gasteiger partial charge is 0.149 e. The summed E-state index contributed by atoms with van der Waals surface area (Å²) in [5, 5.41) is 0.337. The molecule has 0 aliphatic rings. The van der Waals surface area contributed by atoms with E-state index < -0.39 is 11.6 Å². The normalized spacial score (nSPS) is 10.1. The number of halogens is 3. The van der Waals surface area contributed by atoms with Gasteiger partial charge in [0.05, 0.1) is 5.69 Å². The van der Waals surface area contributed by atoms with E-state index in [4.69, 9.17) is 5.73 Å². The molecule has 0 unspecified atom stereocenters. The highest BCUT2D eigenvalue weighted by Gasteiger charge is 2.05. The molecule has 0 bridgehead atoms. The molecule has 0 spiro atoms. The average Bonchev–Trinajstić information content (AvgIpc) is 1.97. The molecule has 0 heterocycles. The van der Waals surface area contributed by atoms with Gasteiger partial charge in [-0.1, -0.05) is 15.9 Å². The molecular formula is C7H6BrF2N. The van der Waals surface area contributed by atoms with Gasteiger partial charge in [0.15, 0.2) is 0 Å². The van der Waals surface area contributed by atoms with Crippen molar-refractivity contribution >= 4 is 21.6 Å². The third-order valence-corrected chi connectivity index (χ3v) is 1.91. The maximum atomic E-state index is 12.7. The molecule has 0 radical (unpaired) electrons. The van der Waals surface area contributed by atoms with Gasteiger partial charge in [-0.3, -0.25) is 0 Å². The van der Waals surface area contributed by atoms with Crippen molar-refractivity contribution in [1.29, 1.82) is 0 Å². The van der Waals surface area contributed by atoms with Crippen molar-refractivity contribution in [2.45, 2.75) is 5.33 Å². The summed E-state index contributed by atoms with van der Waals surface area (Å²) >= 11 is 3.05. The van der Waals surface area contributed by atoms with Gasteiger partial charge in [-0.15, -0.1) is 0 Å². The van der Waals surface area contributed by atoms with Crippen LogP contribution in [0.25, 0.3) is 0 Å². The first-order valence-corrected chi connectivity index (χ1v) is 4.06. The standard InChI is InChI=1S/C7H6BrF2N/c8-3-4-1-7(11)6(10)2-5(4)9/h1-2H,3,11H2. The van der Waals surface area contributed by atoms with Crippen LogP contribution in [0, 0.1) is 11.6 Å². The van der Waals surface area contributed by atoms with Crippen LogP contribution in [0.1, 0.15) is 5.56 Å². The van der Waals surface area contributed by atoms with E-state index in [-0.39, 0.29) is 5.69 Å². The fourth-order valence-electron chi connectivity index (χ4n) is 0.715. The molecule has 1 rings (SSSR count). The Hall–Kier alpha value is -0.640. The summed E-state index contributed by atoms with van der Waals surface area (Å²) in [6, 6.07) is 2.06. The van der Waals surface area contributed by atoms with Crippen molar-refractivity contribution in [2.24, 2.45) is 0 Å². The number of hydrogen-bond donors (Lipinski definition) is 1. The minimum Gasteiger partial charge on any atom is -0.396 e. The van der Waals surface area contributed by atoms with Crippen molar-refractivity contribution in [2.75, 3.05) is 5.73 Å². The summed E-state index contributed by atoms with van der Waals surface area (Å²) in [5.74, 6) is -1.29. The summed E-state index contributed by atoms with van der Waals surface area (Å²) in [6.45, 7) is 0. The van der Waals surface area contributed by atoms with Gasteiger partial charge in [0.2, 0.25) is 0 Å². The minimum absolute atomic E-state index is 0.0270. The maximum absolute atomic E-state index is 12.7. The molecule has 1 aromatic rings. The molecule has 4 heteroatoms. The van der Waals surface area contributed by atoms with Crippen LogP contribution in [-0.4, -0.2) is 0 Å². The Morgan fingerprint density at radius 3 is 2.45 bits per heavy atom. The number of alkyl halides is 1. The van der Waals surface area contributed by atoms with E-state index in [0.717, 1.165) is 6.07 Å². The highest BCUT2D eigenvalue weighted by molar-refractivity contribution is 9.08. The monoisotopic (exact) mass is 221 g/mol. The first-order chi connectivity index (χ1) is 5.15. The first kappa shape index (κ1) is 8.46. The average molecular weight is 222 g/mol. The van der Waals surface area contributed by atoms with Crippen LogP contribution in [-0.2, 0) is 5.33 Å². The molecule has 1 nitrogen and oxygen atoms in total. The van der Waals surface area contributed by atoms with Crippen LogP contribution in [0.3, 0.4) is 0 Å². The Morgan fingerprint density at radius 2 is 1.91 bits per heavy atom. The molecule has 0 saturated carbocycles. The molecule has 60 valence electrons. The number of hydrogen-bond acceptors (Lipinski definition) is 1. The minimum atomic E-state index is -0.716. The molecular weight excluding hydrogens is 216 g/mol. The van der Waals surface area contributed by atoms with E-state index in [9.17, 15) is 8.78 Å². The molecule has 0 amide bonds. The van der Waals surface area contributed by atoms with Crippen molar-refractivity contribution in [1.82, 2.24) is 0 Å². The van der Waals surface area contributed by atoms with Gasteiger partial charge in [-0.2, -0.15) is 0 Å². The third kappa shape index (κ3) is 1.68. The molecule has 0 aromatic heterocycles. The van der Waals surface area contributed by atoms with Crippen molar-refractivity contribution < 1.29 is 8.78 Å². The van der Waals surface area contributed by atoms with E-state index >= 15 is 0 Å². The molecule has 0 saturated heterocycles. The van der Waals surface area contributed by atoms with E-state index in [1.54, 1.807) is 0 Å². The zero-order chi connectivity index (χ0) is 8.43. The van der Waals surface area contributed by atoms with Crippen LogP contribution in [0.2, 0.25) is 0 Å². The van der Waals surface area contributed by atoms with Crippen LogP contribution in [0.5, 0.6) is 0 Å². The Kier molecular flexibility index (Phi) is 2.44. The summed E-state index contributed by atoms with van der Waals surface area (Å²) < 4.78 is 25.2. The van der Waals surface area contributed by atoms with Gasteiger partial charge in [-0.05, 0) is 6.07 Å². The lowest BCUT2D eigenvalue weighted by atomic mass is 10.2. The highest BCUT2D eigenvalue weighted by atomic mass is 79.9. The van der Waals surface area contributed by atoms with E-state index in [1.807, 2.05) is 0 Å². The van der Waals surface area contributed by atoms with Gasteiger partial charge in [0.25, 0.3) is 0 Å². The second kappa shape index (κ2) is 3.17. The highest BCUT2D eigenvalue weighted by Crippen LogP contribution is 2.18. The lowest BCUT2D eigenvalue weighted by Crippen LogP contribution is -1.95. The Morgan fingerprint density at radius 1 is 1.27 bits per heavy atom. The van der Waals surface area contributed by atoms with Crippen molar-refractivity contribution in [3.8, 4) is 0 Å². The van der Waals surface area contributed by atoms with E-state index in [2.05, 4.69) is 15.9 Å².